The van der Waals surface area contributed by atoms with Crippen molar-refractivity contribution in [3.05, 3.63) is 57.8 Å². The standard InChI is InChI=1S/C17H18N6OS/c1-12-19-14(11-25-12)17(24)22-6-4-15-20-21-16(23(15)8-7-22)9-13-3-2-5-18-10-13/h2-3,5,10-11H,4,6-9H2,1H3. The number of hydrogen-bond donors (Lipinski definition) is 0. The number of aromatic nitrogens is 5. The summed E-state index contributed by atoms with van der Waals surface area (Å²) in [6.45, 7) is 3.89. The molecule has 8 heteroatoms. The number of nitrogens with zero attached hydrogens (tertiary/aromatic N) is 6. The van der Waals surface area contributed by atoms with E-state index >= 15 is 0 Å². The summed E-state index contributed by atoms with van der Waals surface area (Å²) in [6.07, 6.45) is 5.01. The maximum absolute atomic E-state index is 12.6. The number of carbonyl (C=O) groups is 1. The van der Waals surface area contributed by atoms with Gasteiger partial charge in [-0.25, -0.2) is 4.98 Å². The molecule has 4 heterocycles. The first-order valence-corrected chi connectivity index (χ1v) is 9.10. The van der Waals surface area contributed by atoms with Crippen molar-refractivity contribution in [1.29, 1.82) is 0 Å². The van der Waals surface area contributed by atoms with Gasteiger partial charge in [0.25, 0.3) is 5.91 Å². The van der Waals surface area contributed by atoms with E-state index < -0.39 is 0 Å². The van der Waals surface area contributed by atoms with E-state index in [2.05, 4.69) is 24.7 Å². The second-order valence-corrected chi connectivity index (χ2v) is 7.08. The molecule has 0 unspecified atom stereocenters. The Morgan fingerprint density at radius 1 is 1.28 bits per heavy atom. The van der Waals surface area contributed by atoms with Crippen LogP contribution >= 0.6 is 11.3 Å². The average Bonchev–Trinajstić information content (AvgIpc) is 3.16. The van der Waals surface area contributed by atoms with Crippen molar-refractivity contribution >= 4 is 17.2 Å². The summed E-state index contributed by atoms with van der Waals surface area (Å²) in [7, 11) is 0. The fourth-order valence-corrected chi connectivity index (χ4v) is 3.61. The van der Waals surface area contributed by atoms with Gasteiger partial charge < -0.3 is 9.47 Å². The van der Waals surface area contributed by atoms with Gasteiger partial charge in [-0.2, -0.15) is 0 Å². The van der Waals surface area contributed by atoms with Gasteiger partial charge in [0.05, 0.1) is 5.01 Å². The molecule has 0 bridgehead atoms. The van der Waals surface area contributed by atoms with Crippen LogP contribution in [0, 0.1) is 6.92 Å². The number of aryl methyl sites for hydroxylation is 1. The van der Waals surface area contributed by atoms with Crippen molar-refractivity contribution < 1.29 is 4.79 Å². The van der Waals surface area contributed by atoms with Crippen LogP contribution < -0.4 is 0 Å². The molecule has 4 rings (SSSR count). The first-order chi connectivity index (χ1) is 12.2. The summed E-state index contributed by atoms with van der Waals surface area (Å²) in [5.41, 5.74) is 1.64. The Balaban J connectivity index is 1.50. The van der Waals surface area contributed by atoms with Gasteiger partial charge in [-0.1, -0.05) is 6.07 Å². The minimum atomic E-state index is -0.00290. The molecule has 0 N–H and O–H groups in total. The van der Waals surface area contributed by atoms with Gasteiger partial charge in [0, 0.05) is 50.2 Å². The third kappa shape index (κ3) is 3.30. The Morgan fingerprint density at radius 3 is 2.96 bits per heavy atom. The second kappa shape index (κ2) is 6.72. The number of hydrogen-bond acceptors (Lipinski definition) is 6. The van der Waals surface area contributed by atoms with Crippen LogP contribution in [0.15, 0.2) is 29.9 Å². The van der Waals surface area contributed by atoms with Gasteiger partial charge in [-0.3, -0.25) is 9.78 Å². The molecule has 0 saturated heterocycles. The minimum Gasteiger partial charge on any atom is -0.335 e. The first-order valence-electron chi connectivity index (χ1n) is 8.22. The molecule has 0 radical (unpaired) electrons. The molecule has 3 aromatic heterocycles. The zero-order chi connectivity index (χ0) is 17.2. The highest BCUT2D eigenvalue weighted by Crippen LogP contribution is 2.16. The molecule has 1 aliphatic rings. The zero-order valence-electron chi connectivity index (χ0n) is 13.9. The number of carbonyl (C=O) groups excluding carboxylic acids is 1. The molecule has 0 spiro atoms. The molecule has 0 fully saturated rings. The van der Waals surface area contributed by atoms with Crippen molar-refractivity contribution in [1.82, 2.24) is 29.6 Å². The third-order valence-corrected chi connectivity index (χ3v) is 5.09. The quantitative estimate of drug-likeness (QED) is 0.716. The number of amides is 1. The highest BCUT2D eigenvalue weighted by Gasteiger charge is 2.23. The van der Waals surface area contributed by atoms with Crippen LogP contribution in [0.5, 0.6) is 0 Å². The Bertz CT molecular complexity index is 888. The van der Waals surface area contributed by atoms with E-state index in [-0.39, 0.29) is 5.91 Å². The molecule has 0 aliphatic carbocycles. The van der Waals surface area contributed by atoms with Gasteiger partial charge in [-0.05, 0) is 18.6 Å². The van der Waals surface area contributed by atoms with Gasteiger partial charge >= 0.3 is 0 Å². The van der Waals surface area contributed by atoms with Gasteiger partial charge in [0.2, 0.25) is 0 Å². The molecule has 7 nitrogen and oxygen atoms in total. The molecular formula is C17H18N6OS. The Hall–Kier alpha value is -2.61. The summed E-state index contributed by atoms with van der Waals surface area (Å²) in [4.78, 5) is 23.0. The van der Waals surface area contributed by atoms with Crippen molar-refractivity contribution in [3.63, 3.8) is 0 Å². The maximum atomic E-state index is 12.6. The fourth-order valence-electron chi connectivity index (χ4n) is 3.03. The summed E-state index contributed by atoms with van der Waals surface area (Å²) in [5.74, 6) is 1.85. The molecular weight excluding hydrogens is 336 g/mol. The lowest BCUT2D eigenvalue weighted by atomic mass is 10.2. The number of rotatable bonds is 3. The molecule has 0 aromatic carbocycles. The van der Waals surface area contributed by atoms with E-state index in [9.17, 15) is 4.79 Å². The van der Waals surface area contributed by atoms with Crippen LogP contribution in [-0.2, 0) is 19.4 Å². The van der Waals surface area contributed by atoms with Crippen LogP contribution in [-0.4, -0.2) is 48.6 Å². The van der Waals surface area contributed by atoms with Crippen molar-refractivity contribution in [3.8, 4) is 0 Å². The smallest absolute Gasteiger partial charge is 0.273 e. The van der Waals surface area contributed by atoms with Crippen LogP contribution in [0.3, 0.4) is 0 Å². The molecule has 1 amide bonds. The Morgan fingerprint density at radius 2 is 2.20 bits per heavy atom. The topological polar surface area (TPSA) is 76.8 Å². The van der Waals surface area contributed by atoms with Crippen molar-refractivity contribution in [2.24, 2.45) is 0 Å². The minimum absolute atomic E-state index is 0.00290. The molecule has 3 aromatic rings. The summed E-state index contributed by atoms with van der Waals surface area (Å²) >= 11 is 1.50. The monoisotopic (exact) mass is 354 g/mol. The van der Waals surface area contributed by atoms with Crippen LogP contribution in [0.1, 0.15) is 32.7 Å². The average molecular weight is 354 g/mol. The highest BCUT2D eigenvalue weighted by molar-refractivity contribution is 7.09. The van der Waals surface area contributed by atoms with E-state index in [0.29, 0.717) is 38.2 Å². The molecule has 1 aliphatic heterocycles. The van der Waals surface area contributed by atoms with E-state index in [1.54, 1.807) is 6.20 Å². The van der Waals surface area contributed by atoms with E-state index in [1.807, 2.05) is 35.5 Å². The molecule has 128 valence electrons. The second-order valence-electron chi connectivity index (χ2n) is 6.02. The lowest BCUT2D eigenvalue weighted by Crippen LogP contribution is -2.34. The maximum Gasteiger partial charge on any atom is 0.273 e. The first kappa shape index (κ1) is 15.9. The number of thiazole rings is 1. The van der Waals surface area contributed by atoms with Crippen molar-refractivity contribution in [2.75, 3.05) is 13.1 Å². The van der Waals surface area contributed by atoms with Gasteiger partial charge in [0.15, 0.2) is 0 Å². The lowest BCUT2D eigenvalue weighted by molar-refractivity contribution is 0.0753. The van der Waals surface area contributed by atoms with Gasteiger partial charge in [-0.15, -0.1) is 21.5 Å². The Kier molecular flexibility index (Phi) is 4.27. The van der Waals surface area contributed by atoms with Crippen LogP contribution in [0.2, 0.25) is 0 Å². The normalized spacial score (nSPS) is 14.2. The largest absolute Gasteiger partial charge is 0.335 e. The fraction of sp³-hybridized carbons (Fsp3) is 0.353. The zero-order valence-corrected chi connectivity index (χ0v) is 14.7. The van der Waals surface area contributed by atoms with E-state index in [4.69, 9.17) is 0 Å². The SMILES string of the molecule is Cc1nc(C(=O)N2CCc3nnc(Cc4cccnc4)n3CC2)cs1. The predicted octanol–water partition coefficient (Wildman–Crippen LogP) is 1.73. The summed E-state index contributed by atoms with van der Waals surface area (Å²) in [5, 5.41) is 11.4. The van der Waals surface area contributed by atoms with Gasteiger partial charge in [0.1, 0.15) is 17.3 Å². The van der Waals surface area contributed by atoms with Crippen molar-refractivity contribution in [2.45, 2.75) is 26.3 Å². The number of fused-ring (bicyclic) bond motifs is 1. The lowest BCUT2D eigenvalue weighted by Gasteiger charge is -2.18. The molecule has 25 heavy (non-hydrogen) atoms. The molecule has 0 atom stereocenters. The van der Waals surface area contributed by atoms with E-state index in [0.717, 1.165) is 22.2 Å². The van der Waals surface area contributed by atoms with Crippen LogP contribution in [0.25, 0.3) is 0 Å². The van der Waals surface area contributed by atoms with Crippen LogP contribution in [0.4, 0.5) is 0 Å². The predicted molar refractivity (Wildman–Crippen MR) is 93.5 cm³/mol. The third-order valence-electron chi connectivity index (χ3n) is 4.31. The molecule has 0 saturated carbocycles. The summed E-state index contributed by atoms with van der Waals surface area (Å²) < 4.78 is 2.13. The van der Waals surface area contributed by atoms with E-state index in [1.165, 1.54) is 11.3 Å². The summed E-state index contributed by atoms with van der Waals surface area (Å²) in [6, 6.07) is 3.96. The number of pyridine rings is 1. The highest BCUT2D eigenvalue weighted by atomic mass is 32.1. The Labute approximate surface area is 149 Å².